The number of carbonyl (C=O) groups excluding carboxylic acids is 1. The van der Waals surface area contributed by atoms with Crippen molar-refractivity contribution in [1.82, 2.24) is 19.4 Å². The summed E-state index contributed by atoms with van der Waals surface area (Å²) in [7, 11) is 0. The first-order valence-electron chi connectivity index (χ1n) is 12.3. The van der Waals surface area contributed by atoms with Gasteiger partial charge >= 0.3 is 12.2 Å². The van der Waals surface area contributed by atoms with E-state index in [1.54, 1.807) is 4.90 Å². The van der Waals surface area contributed by atoms with E-state index in [1.807, 2.05) is 60.7 Å². The Labute approximate surface area is 212 Å². The van der Waals surface area contributed by atoms with E-state index in [0.717, 1.165) is 11.1 Å². The van der Waals surface area contributed by atoms with Crippen LogP contribution in [0, 0.1) is 5.92 Å². The van der Waals surface area contributed by atoms with Crippen LogP contribution in [0.25, 0.3) is 0 Å². The number of piperidine rings is 1. The van der Waals surface area contributed by atoms with Crippen molar-refractivity contribution in [3.8, 4) is 0 Å². The van der Waals surface area contributed by atoms with Gasteiger partial charge in [0, 0.05) is 25.2 Å². The van der Waals surface area contributed by atoms with E-state index in [0.29, 0.717) is 17.7 Å². The Bertz CT molecular complexity index is 1280. The molecule has 2 aromatic carbocycles. The van der Waals surface area contributed by atoms with E-state index < -0.39 is 18.1 Å². The van der Waals surface area contributed by atoms with Gasteiger partial charge in [-0.05, 0) is 30.4 Å². The maximum absolute atomic E-state index is 13.8. The molecule has 5 rings (SSSR count). The lowest BCUT2D eigenvalue weighted by molar-refractivity contribution is -0.183. The molecule has 10 heteroatoms. The molecule has 7 nitrogen and oxygen atoms in total. The molecule has 0 aliphatic carbocycles. The van der Waals surface area contributed by atoms with Crippen molar-refractivity contribution in [2.24, 2.45) is 5.92 Å². The molecule has 3 aromatic rings. The molecule has 2 aliphatic rings. The van der Waals surface area contributed by atoms with Gasteiger partial charge in [-0.2, -0.15) is 13.2 Å². The van der Waals surface area contributed by atoms with E-state index >= 15 is 0 Å². The summed E-state index contributed by atoms with van der Waals surface area (Å²) in [5.74, 6) is -1.33. The molecule has 37 heavy (non-hydrogen) atoms. The highest BCUT2D eigenvalue weighted by molar-refractivity contribution is 5.75. The summed E-state index contributed by atoms with van der Waals surface area (Å²) >= 11 is 0. The summed E-state index contributed by atoms with van der Waals surface area (Å²) in [5, 5.41) is 0. The first-order valence-corrected chi connectivity index (χ1v) is 12.3. The number of halogens is 3. The fourth-order valence-electron chi connectivity index (χ4n) is 5.29. The van der Waals surface area contributed by atoms with Crippen molar-refractivity contribution in [2.75, 3.05) is 25.4 Å². The van der Waals surface area contributed by atoms with Crippen LogP contribution in [-0.4, -0.2) is 51.2 Å². The third kappa shape index (κ3) is 4.92. The molecule has 2 N–H and O–H groups in total. The number of alkyl halides is 3. The molecular formula is C27H28F3N5O2. The van der Waals surface area contributed by atoms with Gasteiger partial charge in [0.2, 0.25) is 5.95 Å². The van der Waals surface area contributed by atoms with Gasteiger partial charge in [-0.1, -0.05) is 60.7 Å². The van der Waals surface area contributed by atoms with Crippen LogP contribution in [0.3, 0.4) is 0 Å². The number of rotatable bonds is 3. The number of hydrogen-bond acceptors (Lipinski definition) is 4. The number of carbonyl (C=O) groups is 1. The van der Waals surface area contributed by atoms with E-state index in [9.17, 15) is 22.8 Å². The zero-order chi connectivity index (χ0) is 26.2. The van der Waals surface area contributed by atoms with Gasteiger partial charge in [0.1, 0.15) is 0 Å². The maximum Gasteiger partial charge on any atom is 0.391 e. The van der Waals surface area contributed by atoms with Crippen LogP contribution in [-0.2, 0) is 13.0 Å². The fraction of sp³-hybridized carbons (Fsp3) is 0.370. The summed E-state index contributed by atoms with van der Waals surface area (Å²) in [6, 6.07) is 18.4. The second-order valence-electron chi connectivity index (χ2n) is 9.55. The Morgan fingerprint density at radius 3 is 2.03 bits per heavy atom. The average Bonchev–Trinajstić information content (AvgIpc) is 2.91. The molecule has 0 atom stereocenters. The van der Waals surface area contributed by atoms with Gasteiger partial charge < -0.3 is 15.5 Å². The van der Waals surface area contributed by atoms with Crippen LogP contribution in [0.15, 0.2) is 65.5 Å². The lowest BCUT2D eigenvalue weighted by Gasteiger charge is -2.37. The van der Waals surface area contributed by atoms with Crippen LogP contribution in [0.4, 0.5) is 23.9 Å². The molecule has 0 bridgehead atoms. The van der Waals surface area contributed by atoms with Gasteiger partial charge in [-0.25, -0.2) is 9.78 Å². The fourth-order valence-corrected chi connectivity index (χ4v) is 5.29. The molecule has 0 spiro atoms. The lowest BCUT2D eigenvalue weighted by Crippen LogP contribution is -2.50. The quantitative estimate of drug-likeness (QED) is 0.571. The largest absolute Gasteiger partial charge is 0.391 e. The Hall–Kier alpha value is -3.82. The van der Waals surface area contributed by atoms with Crippen LogP contribution in [0.5, 0.6) is 0 Å². The number of nitrogens with two attached hydrogens (primary N) is 1. The third-order valence-electron chi connectivity index (χ3n) is 7.28. The van der Waals surface area contributed by atoms with Crippen molar-refractivity contribution >= 4 is 12.0 Å². The minimum atomic E-state index is -4.24. The molecular weight excluding hydrogens is 483 g/mol. The van der Waals surface area contributed by atoms with Gasteiger partial charge in [0.05, 0.1) is 24.2 Å². The number of fused-ring (bicyclic) bond motifs is 1. The first-order chi connectivity index (χ1) is 17.7. The molecule has 0 saturated carbocycles. The highest BCUT2D eigenvalue weighted by Crippen LogP contribution is 2.34. The predicted octanol–water partition coefficient (Wildman–Crippen LogP) is 4.22. The third-order valence-corrected chi connectivity index (χ3v) is 7.28. The number of benzene rings is 2. The van der Waals surface area contributed by atoms with Crippen LogP contribution in [0.1, 0.15) is 41.3 Å². The predicted molar refractivity (Wildman–Crippen MR) is 133 cm³/mol. The minimum absolute atomic E-state index is 0.0433. The summed E-state index contributed by atoms with van der Waals surface area (Å²) in [6.07, 6.45) is -4.15. The van der Waals surface area contributed by atoms with Gasteiger partial charge in [0.25, 0.3) is 5.56 Å². The summed E-state index contributed by atoms with van der Waals surface area (Å²) < 4.78 is 40.5. The monoisotopic (exact) mass is 511 g/mol. The normalized spacial score (nSPS) is 16.6. The van der Waals surface area contributed by atoms with Crippen LogP contribution < -0.4 is 11.3 Å². The Morgan fingerprint density at radius 1 is 0.919 bits per heavy atom. The average molecular weight is 512 g/mol. The highest BCUT2D eigenvalue weighted by Gasteiger charge is 2.42. The topological polar surface area (TPSA) is 84.5 Å². The van der Waals surface area contributed by atoms with Crippen molar-refractivity contribution in [2.45, 2.75) is 38.0 Å². The molecule has 0 unspecified atom stereocenters. The zero-order valence-electron chi connectivity index (χ0n) is 20.2. The number of hydrogen-bond donors (Lipinski definition) is 1. The number of aromatic nitrogens is 2. The Kier molecular flexibility index (Phi) is 6.66. The number of urea groups is 1. The summed E-state index contributed by atoms with van der Waals surface area (Å²) in [4.78, 5) is 34.4. The highest BCUT2D eigenvalue weighted by atomic mass is 19.4. The number of nitrogens with zero attached hydrogens (tertiary/aromatic N) is 4. The van der Waals surface area contributed by atoms with Gasteiger partial charge in [0.15, 0.2) is 0 Å². The Balaban J connectivity index is 1.41. The van der Waals surface area contributed by atoms with E-state index in [1.165, 1.54) is 9.47 Å². The SMILES string of the molecule is Nc1nc2c(c(=O)n1C(c1ccccc1)c1ccccc1)CCN(C(=O)N1CCC(C(F)(F)F)CC1)C2. The van der Waals surface area contributed by atoms with Gasteiger partial charge in [-0.3, -0.25) is 9.36 Å². The van der Waals surface area contributed by atoms with Gasteiger partial charge in [-0.15, -0.1) is 0 Å². The minimum Gasteiger partial charge on any atom is -0.369 e. The number of amides is 2. The second-order valence-corrected chi connectivity index (χ2v) is 9.55. The molecule has 0 radical (unpaired) electrons. The molecule has 2 amide bonds. The van der Waals surface area contributed by atoms with E-state index in [4.69, 9.17) is 5.73 Å². The van der Waals surface area contributed by atoms with E-state index in [-0.39, 0.29) is 56.6 Å². The second kappa shape index (κ2) is 9.91. The maximum atomic E-state index is 13.8. The number of nitrogen functional groups attached to an aromatic ring is 1. The smallest absolute Gasteiger partial charge is 0.369 e. The Morgan fingerprint density at radius 2 is 1.49 bits per heavy atom. The van der Waals surface area contributed by atoms with Crippen LogP contribution >= 0.6 is 0 Å². The number of anilines is 1. The molecule has 2 aliphatic heterocycles. The van der Waals surface area contributed by atoms with Crippen LogP contribution in [0.2, 0.25) is 0 Å². The van der Waals surface area contributed by atoms with Crippen molar-refractivity contribution in [3.63, 3.8) is 0 Å². The molecule has 1 saturated heterocycles. The van der Waals surface area contributed by atoms with Crippen molar-refractivity contribution in [3.05, 3.63) is 93.4 Å². The molecule has 1 aromatic heterocycles. The number of likely N-dealkylation sites (tertiary alicyclic amines) is 1. The van der Waals surface area contributed by atoms with E-state index in [2.05, 4.69) is 4.98 Å². The van der Waals surface area contributed by atoms with Crippen molar-refractivity contribution in [1.29, 1.82) is 0 Å². The van der Waals surface area contributed by atoms with Crippen molar-refractivity contribution < 1.29 is 18.0 Å². The zero-order valence-corrected chi connectivity index (χ0v) is 20.2. The first kappa shape index (κ1) is 24.9. The molecule has 1 fully saturated rings. The molecule has 194 valence electrons. The summed E-state index contributed by atoms with van der Waals surface area (Å²) in [6.45, 7) is 0.487. The molecule has 3 heterocycles. The standard InChI is InChI=1S/C27H28F3N5O2/c28-27(29,30)20-11-14-33(15-12-20)26(37)34-16-13-21-22(17-34)32-25(31)35(24(21)36)23(18-7-3-1-4-8-18)19-9-5-2-6-10-19/h1-10,20,23H,11-17H2,(H2,31,32). The lowest BCUT2D eigenvalue weighted by atomic mass is 9.96. The summed E-state index contributed by atoms with van der Waals surface area (Å²) in [5.41, 5.74) is 8.84.